The lowest BCUT2D eigenvalue weighted by Crippen LogP contribution is -2.38. The zero-order valence-corrected chi connectivity index (χ0v) is 14.7. The molecule has 0 saturated heterocycles. The van der Waals surface area contributed by atoms with Crippen molar-refractivity contribution in [2.24, 2.45) is 0 Å². The lowest BCUT2D eigenvalue weighted by atomic mass is 10.1. The molecule has 0 fully saturated rings. The summed E-state index contributed by atoms with van der Waals surface area (Å²) in [5.41, 5.74) is 0.251. The highest BCUT2D eigenvalue weighted by Crippen LogP contribution is 2.24. The molecule has 0 amide bonds. The zero-order chi connectivity index (χ0) is 18.6. The molecule has 1 N–H and O–H groups in total. The summed E-state index contributed by atoms with van der Waals surface area (Å²) in [6, 6.07) is 9.25. The highest BCUT2D eigenvalue weighted by molar-refractivity contribution is 5.75. The highest BCUT2D eigenvalue weighted by atomic mass is 16.6. The molecule has 0 aliphatic carbocycles. The number of nitro groups is 1. The lowest BCUT2D eigenvalue weighted by Gasteiger charge is -2.22. The van der Waals surface area contributed by atoms with Crippen LogP contribution in [0, 0.1) is 10.1 Å². The molecule has 1 heterocycles. The molecule has 2 rings (SSSR count). The molecule has 7 nitrogen and oxygen atoms in total. The maximum atomic E-state index is 11.9. The van der Waals surface area contributed by atoms with Crippen LogP contribution in [0.2, 0.25) is 0 Å². The molecule has 2 aromatic rings. The van der Waals surface area contributed by atoms with Gasteiger partial charge in [-0.05, 0) is 52.0 Å². The number of hydrogen-bond donors (Lipinski definition) is 1. The van der Waals surface area contributed by atoms with Crippen LogP contribution in [0.4, 0.5) is 5.69 Å². The van der Waals surface area contributed by atoms with Crippen molar-refractivity contribution in [2.45, 2.75) is 45.9 Å². The van der Waals surface area contributed by atoms with E-state index in [1.54, 1.807) is 31.2 Å². The van der Waals surface area contributed by atoms with Crippen molar-refractivity contribution in [1.29, 1.82) is 0 Å². The number of ether oxygens (including phenoxy) is 1. The van der Waals surface area contributed by atoms with E-state index in [4.69, 9.17) is 9.15 Å². The molecule has 1 atom stereocenters. The molecule has 0 bridgehead atoms. The van der Waals surface area contributed by atoms with Crippen molar-refractivity contribution >= 4 is 11.7 Å². The molecular weight excluding hydrogens is 324 g/mol. The van der Waals surface area contributed by atoms with E-state index in [1.807, 2.05) is 20.8 Å². The van der Waals surface area contributed by atoms with Crippen molar-refractivity contribution < 1.29 is 18.9 Å². The van der Waals surface area contributed by atoms with Crippen molar-refractivity contribution in [1.82, 2.24) is 5.32 Å². The van der Waals surface area contributed by atoms with Gasteiger partial charge in [-0.1, -0.05) is 0 Å². The fraction of sp³-hybridized carbons (Fsp3) is 0.389. The second-order valence-corrected chi connectivity index (χ2v) is 6.71. The monoisotopic (exact) mass is 346 g/mol. The van der Waals surface area contributed by atoms with Crippen molar-refractivity contribution in [3.8, 4) is 11.3 Å². The number of nitro benzene ring substituents is 1. The summed E-state index contributed by atoms with van der Waals surface area (Å²) in [5.74, 6) is 0.940. The van der Waals surface area contributed by atoms with Crippen molar-refractivity contribution in [3.05, 3.63) is 52.3 Å². The predicted octanol–water partition coefficient (Wildman–Crippen LogP) is 3.67. The molecule has 0 spiro atoms. The molecule has 134 valence electrons. The number of benzene rings is 1. The molecule has 25 heavy (non-hydrogen) atoms. The molecule has 7 heteroatoms. The number of nitrogens with zero attached hydrogens (tertiary/aromatic N) is 1. The minimum atomic E-state index is -0.527. The quantitative estimate of drug-likeness (QED) is 0.487. The smallest absolute Gasteiger partial charge is 0.323 e. The minimum absolute atomic E-state index is 0.0309. The molecule has 0 saturated carbocycles. The lowest BCUT2D eigenvalue weighted by molar-refractivity contribution is -0.384. The summed E-state index contributed by atoms with van der Waals surface area (Å²) in [5, 5.41) is 13.7. The fourth-order valence-corrected chi connectivity index (χ4v) is 2.10. The number of carbonyl (C=O) groups excluding carboxylic acids is 1. The Balaban J connectivity index is 1.95. The molecular formula is C18H22N2O5. The van der Waals surface area contributed by atoms with Crippen molar-refractivity contribution in [2.75, 3.05) is 0 Å². The van der Waals surface area contributed by atoms with Gasteiger partial charge in [-0.15, -0.1) is 0 Å². The first-order valence-corrected chi connectivity index (χ1v) is 7.95. The Labute approximate surface area is 146 Å². The van der Waals surface area contributed by atoms with Crippen molar-refractivity contribution in [3.63, 3.8) is 0 Å². The number of hydrogen-bond acceptors (Lipinski definition) is 6. The van der Waals surface area contributed by atoms with Gasteiger partial charge in [-0.25, -0.2) is 0 Å². The van der Waals surface area contributed by atoms with E-state index >= 15 is 0 Å². The third-order valence-electron chi connectivity index (χ3n) is 3.37. The third-order valence-corrected chi connectivity index (χ3v) is 3.37. The van der Waals surface area contributed by atoms with E-state index in [1.165, 1.54) is 12.1 Å². The Hall–Kier alpha value is -2.67. The molecule has 1 aromatic heterocycles. The number of rotatable bonds is 6. The number of non-ortho nitro benzene ring substituents is 1. The van der Waals surface area contributed by atoms with Gasteiger partial charge in [0, 0.05) is 17.7 Å². The Morgan fingerprint density at radius 3 is 2.44 bits per heavy atom. The Morgan fingerprint density at radius 2 is 1.88 bits per heavy atom. The van der Waals surface area contributed by atoms with Crippen LogP contribution in [0.25, 0.3) is 11.3 Å². The first kappa shape index (κ1) is 18.7. The van der Waals surface area contributed by atoms with Crippen LogP contribution in [0.1, 0.15) is 33.5 Å². The zero-order valence-electron chi connectivity index (χ0n) is 14.7. The van der Waals surface area contributed by atoms with E-state index in [-0.39, 0.29) is 11.7 Å². The topological polar surface area (TPSA) is 94.6 Å². The molecule has 0 aliphatic heterocycles. The van der Waals surface area contributed by atoms with Gasteiger partial charge in [0.15, 0.2) is 0 Å². The van der Waals surface area contributed by atoms with E-state index in [2.05, 4.69) is 5.32 Å². The van der Waals surface area contributed by atoms with E-state index in [0.717, 1.165) is 5.56 Å². The Morgan fingerprint density at radius 1 is 1.24 bits per heavy atom. The first-order chi connectivity index (χ1) is 11.7. The summed E-state index contributed by atoms with van der Waals surface area (Å²) in [6.45, 7) is 7.56. The normalized spacial score (nSPS) is 12.6. The van der Waals surface area contributed by atoms with Gasteiger partial charge in [0.25, 0.3) is 5.69 Å². The number of nitrogens with one attached hydrogen (secondary N) is 1. The SMILES string of the molecule is C[C@H](NCc1ccc(-c2ccc([N+](=O)[O-])cc2)o1)C(=O)OC(C)(C)C. The van der Waals surface area contributed by atoms with Crippen LogP contribution in [-0.2, 0) is 16.1 Å². The van der Waals surface area contributed by atoms with E-state index in [9.17, 15) is 14.9 Å². The van der Waals surface area contributed by atoms with E-state index < -0.39 is 16.6 Å². The number of esters is 1. The summed E-state index contributed by atoms with van der Waals surface area (Å²) in [6.07, 6.45) is 0. The van der Waals surface area contributed by atoms with Gasteiger partial charge in [0.2, 0.25) is 0 Å². The summed E-state index contributed by atoms with van der Waals surface area (Å²) < 4.78 is 11.0. The standard InChI is InChI=1S/C18H22N2O5/c1-12(17(21)25-18(2,3)4)19-11-15-9-10-16(24-15)13-5-7-14(8-6-13)20(22)23/h5-10,12,19H,11H2,1-4H3/t12-/m0/s1. The maximum Gasteiger partial charge on any atom is 0.323 e. The van der Waals surface area contributed by atoms with Crippen LogP contribution < -0.4 is 5.32 Å². The number of carbonyl (C=O) groups is 1. The van der Waals surface area contributed by atoms with Gasteiger partial charge < -0.3 is 9.15 Å². The minimum Gasteiger partial charge on any atom is -0.460 e. The highest BCUT2D eigenvalue weighted by Gasteiger charge is 2.21. The van der Waals surface area contributed by atoms with Crippen LogP contribution >= 0.6 is 0 Å². The number of furan rings is 1. The second kappa shape index (κ2) is 7.48. The van der Waals surface area contributed by atoms with Gasteiger partial charge in [-0.2, -0.15) is 0 Å². The van der Waals surface area contributed by atoms with Crippen LogP contribution in [0.3, 0.4) is 0 Å². The molecule has 0 unspecified atom stereocenters. The second-order valence-electron chi connectivity index (χ2n) is 6.71. The first-order valence-electron chi connectivity index (χ1n) is 7.95. The largest absolute Gasteiger partial charge is 0.460 e. The summed E-state index contributed by atoms with van der Waals surface area (Å²) >= 11 is 0. The summed E-state index contributed by atoms with van der Waals surface area (Å²) in [4.78, 5) is 22.2. The van der Waals surface area contributed by atoms with E-state index in [0.29, 0.717) is 18.1 Å². The maximum absolute atomic E-state index is 11.9. The van der Waals surface area contributed by atoms with Gasteiger partial charge in [-0.3, -0.25) is 20.2 Å². The summed E-state index contributed by atoms with van der Waals surface area (Å²) in [7, 11) is 0. The fourth-order valence-electron chi connectivity index (χ4n) is 2.10. The average molecular weight is 346 g/mol. The van der Waals surface area contributed by atoms with Crippen LogP contribution in [-0.4, -0.2) is 22.5 Å². The molecule has 1 aromatic carbocycles. The molecule has 0 aliphatic rings. The third kappa shape index (κ3) is 5.42. The van der Waals surface area contributed by atoms with Crippen LogP contribution in [0.15, 0.2) is 40.8 Å². The van der Waals surface area contributed by atoms with Gasteiger partial charge in [0.05, 0.1) is 11.5 Å². The predicted molar refractivity (Wildman–Crippen MR) is 92.9 cm³/mol. The van der Waals surface area contributed by atoms with Gasteiger partial charge in [0.1, 0.15) is 23.2 Å². The average Bonchev–Trinajstić information content (AvgIpc) is 3.00. The Bertz CT molecular complexity index is 744. The molecule has 0 radical (unpaired) electrons. The Kier molecular flexibility index (Phi) is 5.58. The van der Waals surface area contributed by atoms with Gasteiger partial charge >= 0.3 is 5.97 Å². The van der Waals surface area contributed by atoms with Crippen LogP contribution in [0.5, 0.6) is 0 Å².